The van der Waals surface area contributed by atoms with Gasteiger partial charge in [-0.25, -0.2) is 9.97 Å². The molecule has 1 aromatic carbocycles. The number of aryl methyl sites for hydroxylation is 1. The Morgan fingerprint density at radius 2 is 1.92 bits per heavy atom. The molecule has 1 aliphatic heterocycles. The molecule has 1 aliphatic rings. The summed E-state index contributed by atoms with van der Waals surface area (Å²) in [5.74, 6) is 2.28. The topological polar surface area (TPSA) is 55.3 Å². The number of nitrogens with zero attached hydrogens (tertiary/aromatic N) is 3. The number of hydrogen-bond acceptors (Lipinski definition) is 4. The van der Waals surface area contributed by atoms with Crippen LogP contribution >= 0.6 is 0 Å². The van der Waals surface area contributed by atoms with Gasteiger partial charge in [0.05, 0.1) is 12.2 Å². The molecule has 2 aromatic rings. The Kier molecular flexibility index (Phi) is 5.86. The van der Waals surface area contributed by atoms with Crippen LogP contribution in [0.2, 0.25) is 0 Å². The van der Waals surface area contributed by atoms with Crippen LogP contribution in [-0.4, -0.2) is 40.5 Å². The van der Waals surface area contributed by atoms with E-state index in [1.54, 1.807) is 12.4 Å². The van der Waals surface area contributed by atoms with E-state index in [0.717, 1.165) is 37.5 Å². The van der Waals surface area contributed by atoms with Gasteiger partial charge in [-0.05, 0) is 31.9 Å². The van der Waals surface area contributed by atoms with Gasteiger partial charge < -0.3 is 9.64 Å². The highest BCUT2D eigenvalue weighted by Gasteiger charge is 2.25. The molecule has 1 aromatic heterocycles. The highest BCUT2D eigenvalue weighted by Crippen LogP contribution is 2.21. The van der Waals surface area contributed by atoms with Crippen molar-refractivity contribution < 1.29 is 9.53 Å². The van der Waals surface area contributed by atoms with Gasteiger partial charge in [0.15, 0.2) is 0 Å². The van der Waals surface area contributed by atoms with E-state index in [0.29, 0.717) is 18.1 Å². The van der Waals surface area contributed by atoms with Gasteiger partial charge in [-0.15, -0.1) is 0 Å². The molecule has 0 saturated carbocycles. The van der Waals surface area contributed by atoms with E-state index in [9.17, 15) is 4.79 Å². The summed E-state index contributed by atoms with van der Waals surface area (Å²) in [5.41, 5.74) is 1.78. The summed E-state index contributed by atoms with van der Waals surface area (Å²) in [6.45, 7) is 8.28. The maximum absolute atomic E-state index is 12.7. The summed E-state index contributed by atoms with van der Waals surface area (Å²) in [6.07, 6.45) is 5.38. The number of carbonyl (C=O) groups excluding carboxylic acids is 1. The third-order valence-electron chi connectivity index (χ3n) is 4.75. The van der Waals surface area contributed by atoms with Gasteiger partial charge in [0.1, 0.15) is 11.6 Å². The summed E-state index contributed by atoms with van der Waals surface area (Å²) in [6, 6.07) is 8.09. The van der Waals surface area contributed by atoms with Crippen molar-refractivity contribution in [2.45, 2.75) is 39.5 Å². The summed E-state index contributed by atoms with van der Waals surface area (Å²) in [7, 11) is 0. The zero-order valence-electron chi connectivity index (χ0n) is 15.8. The van der Waals surface area contributed by atoms with Gasteiger partial charge in [-0.3, -0.25) is 4.79 Å². The minimum absolute atomic E-state index is 0.0142. The number of aromatic nitrogens is 2. The van der Waals surface area contributed by atoms with E-state index in [-0.39, 0.29) is 11.8 Å². The maximum atomic E-state index is 12.7. The molecule has 0 bridgehead atoms. The molecule has 2 heterocycles. The number of carbonyl (C=O) groups is 1. The molecule has 1 atom stereocenters. The first-order valence-electron chi connectivity index (χ1n) is 9.33. The molecule has 1 saturated heterocycles. The lowest BCUT2D eigenvalue weighted by atomic mass is 9.98. The van der Waals surface area contributed by atoms with E-state index >= 15 is 0 Å². The van der Waals surface area contributed by atoms with Crippen molar-refractivity contribution in [3.63, 3.8) is 0 Å². The first-order valence-corrected chi connectivity index (χ1v) is 9.33. The lowest BCUT2D eigenvalue weighted by Crippen LogP contribution is -2.41. The van der Waals surface area contributed by atoms with Gasteiger partial charge in [0.25, 0.3) is 5.91 Å². The van der Waals surface area contributed by atoms with E-state index in [1.807, 2.05) is 43.0 Å². The van der Waals surface area contributed by atoms with Crippen LogP contribution < -0.4 is 4.74 Å². The Balaban J connectivity index is 1.57. The summed E-state index contributed by atoms with van der Waals surface area (Å²) in [4.78, 5) is 23.3. The summed E-state index contributed by atoms with van der Waals surface area (Å²) < 4.78 is 5.91. The third kappa shape index (κ3) is 4.59. The molecule has 0 radical (unpaired) electrons. The molecule has 5 nitrogen and oxygen atoms in total. The highest BCUT2D eigenvalue weighted by molar-refractivity contribution is 5.93. The van der Waals surface area contributed by atoms with Gasteiger partial charge in [-0.1, -0.05) is 31.5 Å². The van der Waals surface area contributed by atoms with Crippen molar-refractivity contribution in [3.05, 3.63) is 53.6 Å². The predicted molar refractivity (Wildman–Crippen MR) is 101 cm³/mol. The molecule has 0 unspecified atom stereocenters. The molecular weight excluding hydrogens is 326 g/mol. The second-order valence-electron chi connectivity index (χ2n) is 7.37. The van der Waals surface area contributed by atoms with Crippen LogP contribution in [-0.2, 0) is 0 Å². The van der Waals surface area contributed by atoms with Crippen LogP contribution in [0.4, 0.5) is 0 Å². The third-order valence-corrected chi connectivity index (χ3v) is 4.75. The molecule has 3 rings (SSSR count). The molecule has 0 aliphatic carbocycles. The number of rotatable bonds is 5. The standard InChI is InChI=1S/C21H27N3O2/c1-15(2)20-22-11-18(12-23-20)21(25)24-10-4-5-17(13-24)14-26-19-8-6-16(3)7-9-19/h6-9,11-12,15,17H,4-5,10,13-14H2,1-3H3/t17-/m0/s1. The molecule has 1 fully saturated rings. The van der Waals surface area contributed by atoms with E-state index in [4.69, 9.17) is 4.74 Å². The number of hydrogen-bond donors (Lipinski definition) is 0. The van der Waals surface area contributed by atoms with Crippen molar-refractivity contribution >= 4 is 5.91 Å². The van der Waals surface area contributed by atoms with Crippen molar-refractivity contribution in [1.82, 2.24) is 14.9 Å². The SMILES string of the molecule is Cc1ccc(OC[C@H]2CCCN(C(=O)c3cnc(C(C)C)nc3)C2)cc1. The van der Waals surface area contributed by atoms with Crippen molar-refractivity contribution in [3.8, 4) is 5.75 Å². The fourth-order valence-corrected chi connectivity index (χ4v) is 3.16. The number of likely N-dealkylation sites (tertiary alicyclic amines) is 1. The smallest absolute Gasteiger partial charge is 0.257 e. The normalized spacial score (nSPS) is 17.4. The molecule has 0 N–H and O–H groups in total. The quantitative estimate of drug-likeness (QED) is 0.819. The number of benzene rings is 1. The van der Waals surface area contributed by atoms with Crippen molar-refractivity contribution in [2.24, 2.45) is 5.92 Å². The van der Waals surface area contributed by atoms with E-state index < -0.39 is 0 Å². The van der Waals surface area contributed by atoms with Crippen LogP contribution in [0.1, 0.15) is 54.4 Å². The zero-order valence-corrected chi connectivity index (χ0v) is 15.8. The van der Waals surface area contributed by atoms with Crippen molar-refractivity contribution in [1.29, 1.82) is 0 Å². The van der Waals surface area contributed by atoms with Crippen LogP contribution in [0.25, 0.3) is 0 Å². The van der Waals surface area contributed by atoms with E-state index in [2.05, 4.69) is 16.9 Å². The lowest BCUT2D eigenvalue weighted by molar-refractivity contribution is 0.0632. The second kappa shape index (κ2) is 8.30. The highest BCUT2D eigenvalue weighted by atomic mass is 16.5. The molecule has 138 valence electrons. The van der Waals surface area contributed by atoms with Gasteiger partial charge in [-0.2, -0.15) is 0 Å². The second-order valence-corrected chi connectivity index (χ2v) is 7.37. The van der Waals surface area contributed by atoms with Crippen LogP contribution in [0.5, 0.6) is 5.75 Å². The summed E-state index contributed by atoms with van der Waals surface area (Å²) in [5, 5.41) is 0. The molecule has 1 amide bonds. The van der Waals surface area contributed by atoms with Crippen LogP contribution in [0.3, 0.4) is 0 Å². The number of amides is 1. The number of ether oxygens (including phenoxy) is 1. The average Bonchev–Trinajstić information content (AvgIpc) is 2.67. The van der Waals surface area contributed by atoms with Gasteiger partial charge in [0, 0.05) is 37.3 Å². The van der Waals surface area contributed by atoms with Crippen LogP contribution in [0.15, 0.2) is 36.7 Å². The summed E-state index contributed by atoms with van der Waals surface area (Å²) >= 11 is 0. The predicted octanol–water partition coefficient (Wildman–Crippen LogP) is 3.84. The Hall–Kier alpha value is -2.43. The average molecular weight is 353 g/mol. The fraction of sp³-hybridized carbons (Fsp3) is 0.476. The van der Waals surface area contributed by atoms with Gasteiger partial charge in [0.2, 0.25) is 0 Å². The Morgan fingerprint density at radius 1 is 1.23 bits per heavy atom. The van der Waals surface area contributed by atoms with Crippen molar-refractivity contribution in [2.75, 3.05) is 19.7 Å². The van der Waals surface area contributed by atoms with E-state index in [1.165, 1.54) is 5.56 Å². The monoisotopic (exact) mass is 353 g/mol. The Morgan fingerprint density at radius 3 is 2.58 bits per heavy atom. The first-order chi connectivity index (χ1) is 12.5. The molecule has 5 heteroatoms. The number of piperidine rings is 1. The van der Waals surface area contributed by atoms with Gasteiger partial charge >= 0.3 is 0 Å². The fourth-order valence-electron chi connectivity index (χ4n) is 3.16. The van der Waals surface area contributed by atoms with Crippen LogP contribution in [0, 0.1) is 12.8 Å². The zero-order chi connectivity index (χ0) is 18.5. The molecule has 0 spiro atoms. The Bertz CT molecular complexity index is 726. The first kappa shape index (κ1) is 18.4. The largest absolute Gasteiger partial charge is 0.493 e. The minimum atomic E-state index is 0.0142. The maximum Gasteiger partial charge on any atom is 0.257 e. The minimum Gasteiger partial charge on any atom is -0.493 e. The Labute approximate surface area is 155 Å². The lowest BCUT2D eigenvalue weighted by Gasteiger charge is -2.32. The molecular formula is C21H27N3O2. The molecule has 26 heavy (non-hydrogen) atoms.